The van der Waals surface area contributed by atoms with Crippen LogP contribution >= 0.6 is 0 Å². The van der Waals surface area contributed by atoms with E-state index in [9.17, 15) is 4.79 Å². The SMILES string of the molecule is CCOC(=O)NC/C=C(\C)CCC[C@H](C)CCC[C@H](C)CCCC(C)C. The van der Waals surface area contributed by atoms with Gasteiger partial charge in [0.2, 0.25) is 0 Å². The van der Waals surface area contributed by atoms with Crippen molar-refractivity contribution < 1.29 is 9.53 Å². The Hall–Kier alpha value is -0.990. The van der Waals surface area contributed by atoms with Crippen LogP contribution < -0.4 is 5.32 Å². The van der Waals surface area contributed by atoms with Crippen molar-refractivity contribution in [3.05, 3.63) is 11.6 Å². The van der Waals surface area contributed by atoms with Crippen LogP contribution in [-0.2, 0) is 4.74 Å². The summed E-state index contributed by atoms with van der Waals surface area (Å²) in [5.74, 6) is 2.56. The smallest absolute Gasteiger partial charge is 0.407 e. The lowest BCUT2D eigenvalue weighted by molar-refractivity contribution is 0.153. The molecule has 0 spiro atoms. The van der Waals surface area contributed by atoms with Gasteiger partial charge >= 0.3 is 6.09 Å². The molecule has 1 N–H and O–H groups in total. The first-order chi connectivity index (χ1) is 12.3. The maximum atomic E-state index is 11.2. The molecule has 0 saturated carbocycles. The number of alkyl carbamates (subject to hydrolysis) is 1. The molecule has 0 aromatic heterocycles. The van der Waals surface area contributed by atoms with Gasteiger partial charge in [-0.15, -0.1) is 0 Å². The fraction of sp³-hybridized carbons (Fsp3) is 0.870. The zero-order valence-electron chi connectivity index (χ0n) is 18.4. The molecular weight excluding hydrogens is 322 g/mol. The highest BCUT2D eigenvalue weighted by Gasteiger charge is 2.06. The number of hydrogen-bond acceptors (Lipinski definition) is 2. The zero-order chi connectivity index (χ0) is 19.8. The van der Waals surface area contributed by atoms with Crippen LogP contribution in [0, 0.1) is 17.8 Å². The second-order valence-electron chi connectivity index (χ2n) is 8.51. The Morgan fingerprint density at radius 1 is 0.923 bits per heavy atom. The summed E-state index contributed by atoms with van der Waals surface area (Å²) >= 11 is 0. The molecule has 1 amide bonds. The fourth-order valence-electron chi connectivity index (χ4n) is 3.30. The van der Waals surface area contributed by atoms with Gasteiger partial charge in [0, 0.05) is 6.54 Å². The molecule has 0 aromatic rings. The number of ether oxygens (including phenoxy) is 1. The van der Waals surface area contributed by atoms with E-state index in [4.69, 9.17) is 4.74 Å². The van der Waals surface area contributed by atoms with Gasteiger partial charge in [-0.25, -0.2) is 4.79 Å². The minimum Gasteiger partial charge on any atom is -0.450 e. The third-order valence-electron chi connectivity index (χ3n) is 5.11. The number of rotatable bonds is 15. The lowest BCUT2D eigenvalue weighted by Crippen LogP contribution is -2.24. The summed E-state index contributed by atoms with van der Waals surface area (Å²) in [6, 6.07) is 0. The maximum Gasteiger partial charge on any atom is 0.407 e. The Morgan fingerprint density at radius 3 is 2.00 bits per heavy atom. The molecule has 0 aliphatic carbocycles. The monoisotopic (exact) mass is 367 g/mol. The van der Waals surface area contributed by atoms with Crippen LogP contribution in [0.15, 0.2) is 11.6 Å². The highest BCUT2D eigenvalue weighted by Crippen LogP contribution is 2.21. The molecule has 0 rings (SSSR count). The zero-order valence-corrected chi connectivity index (χ0v) is 18.4. The van der Waals surface area contributed by atoms with Gasteiger partial charge in [0.25, 0.3) is 0 Å². The summed E-state index contributed by atoms with van der Waals surface area (Å²) in [6.45, 7) is 14.4. The minimum absolute atomic E-state index is 0.330. The minimum atomic E-state index is -0.330. The molecule has 0 bridgehead atoms. The number of hydrogen-bond donors (Lipinski definition) is 1. The highest BCUT2D eigenvalue weighted by molar-refractivity contribution is 5.67. The summed E-state index contributed by atoms with van der Waals surface area (Å²) in [6.07, 6.45) is 13.7. The van der Waals surface area contributed by atoms with Crippen molar-refractivity contribution in [2.45, 2.75) is 99.3 Å². The molecule has 154 valence electrons. The van der Waals surface area contributed by atoms with Crippen LogP contribution in [0.2, 0.25) is 0 Å². The van der Waals surface area contributed by atoms with Gasteiger partial charge in [-0.2, -0.15) is 0 Å². The summed E-state index contributed by atoms with van der Waals surface area (Å²) in [7, 11) is 0. The molecule has 3 heteroatoms. The third-order valence-corrected chi connectivity index (χ3v) is 5.11. The Morgan fingerprint density at radius 2 is 1.46 bits per heavy atom. The molecule has 0 fully saturated rings. The summed E-state index contributed by atoms with van der Waals surface area (Å²) in [4.78, 5) is 11.2. The normalized spacial score (nSPS) is 14.3. The first kappa shape index (κ1) is 25.0. The van der Waals surface area contributed by atoms with E-state index in [1.807, 2.05) is 6.92 Å². The van der Waals surface area contributed by atoms with Crippen LogP contribution in [0.3, 0.4) is 0 Å². The van der Waals surface area contributed by atoms with Crippen molar-refractivity contribution in [2.24, 2.45) is 17.8 Å². The van der Waals surface area contributed by atoms with Crippen LogP contribution in [0.25, 0.3) is 0 Å². The van der Waals surface area contributed by atoms with Crippen LogP contribution in [-0.4, -0.2) is 19.2 Å². The fourth-order valence-corrected chi connectivity index (χ4v) is 3.30. The van der Waals surface area contributed by atoms with Crippen molar-refractivity contribution >= 4 is 6.09 Å². The van der Waals surface area contributed by atoms with E-state index >= 15 is 0 Å². The first-order valence-electron chi connectivity index (χ1n) is 10.9. The van der Waals surface area contributed by atoms with Crippen molar-refractivity contribution in [1.82, 2.24) is 5.32 Å². The molecule has 0 aromatic carbocycles. The molecule has 2 atom stereocenters. The Balaban J connectivity index is 3.66. The van der Waals surface area contributed by atoms with E-state index in [-0.39, 0.29) is 6.09 Å². The van der Waals surface area contributed by atoms with E-state index in [1.165, 1.54) is 56.9 Å². The molecule has 26 heavy (non-hydrogen) atoms. The molecule has 0 heterocycles. The van der Waals surface area contributed by atoms with E-state index in [1.54, 1.807) is 0 Å². The van der Waals surface area contributed by atoms with Crippen LogP contribution in [0.4, 0.5) is 4.79 Å². The molecule has 0 unspecified atom stereocenters. The van der Waals surface area contributed by atoms with E-state index in [0.29, 0.717) is 13.2 Å². The van der Waals surface area contributed by atoms with E-state index < -0.39 is 0 Å². The van der Waals surface area contributed by atoms with Crippen LogP contribution in [0.5, 0.6) is 0 Å². The molecule has 0 aliphatic heterocycles. The molecule has 0 aliphatic rings. The largest absolute Gasteiger partial charge is 0.450 e. The second-order valence-corrected chi connectivity index (χ2v) is 8.51. The van der Waals surface area contributed by atoms with Crippen molar-refractivity contribution in [2.75, 3.05) is 13.2 Å². The van der Waals surface area contributed by atoms with Gasteiger partial charge in [0.1, 0.15) is 0 Å². The number of amides is 1. The third kappa shape index (κ3) is 16.5. The quantitative estimate of drug-likeness (QED) is 0.313. The average molecular weight is 368 g/mol. The Bertz CT molecular complexity index is 376. The lowest BCUT2D eigenvalue weighted by atomic mass is 9.91. The number of allylic oxidation sites excluding steroid dienone is 1. The van der Waals surface area contributed by atoms with Crippen molar-refractivity contribution in [3.8, 4) is 0 Å². The average Bonchev–Trinajstić information content (AvgIpc) is 2.54. The summed E-state index contributed by atoms with van der Waals surface area (Å²) < 4.78 is 4.84. The first-order valence-corrected chi connectivity index (χ1v) is 10.9. The Labute approximate surface area is 163 Å². The topological polar surface area (TPSA) is 38.3 Å². The van der Waals surface area contributed by atoms with Gasteiger partial charge < -0.3 is 10.1 Å². The highest BCUT2D eigenvalue weighted by atomic mass is 16.5. The second kappa shape index (κ2) is 16.2. The van der Waals surface area contributed by atoms with Gasteiger partial charge in [0.15, 0.2) is 0 Å². The molecule has 3 nitrogen and oxygen atoms in total. The molecule has 0 radical (unpaired) electrons. The predicted molar refractivity (Wildman–Crippen MR) is 114 cm³/mol. The predicted octanol–water partition coefficient (Wildman–Crippen LogP) is 7.12. The van der Waals surface area contributed by atoms with Gasteiger partial charge in [0.05, 0.1) is 6.61 Å². The summed E-state index contributed by atoms with van der Waals surface area (Å²) in [5.41, 5.74) is 1.35. The van der Waals surface area contributed by atoms with Crippen molar-refractivity contribution in [1.29, 1.82) is 0 Å². The van der Waals surface area contributed by atoms with Crippen LogP contribution in [0.1, 0.15) is 99.3 Å². The maximum absolute atomic E-state index is 11.2. The molecule has 0 saturated heterocycles. The number of carbonyl (C=O) groups excluding carboxylic acids is 1. The summed E-state index contributed by atoms with van der Waals surface area (Å²) in [5, 5.41) is 2.74. The Kier molecular flexibility index (Phi) is 15.6. The van der Waals surface area contributed by atoms with E-state index in [2.05, 4.69) is 46.0 Å². The van der Waals surface area contributed by atoms with Gasteiger partial charge in [-0.05, 0) is 44.4 Å². The lowest BCUT2D eigenvalue weighted by Gasteiger charge is -2.15. The van der Waals surface area contributed by atoms with Gasteiger partial charge in [-0.3, -0.25) is 0 Å². The molecular formula is C23H45NO2. The van der Waals surface area contributed by atoms with Gasteiger partial charge in [-0.1, -0.05) is 84.3 Å². The number of nitrogens with one attached hydrogen (secondary N) is 1. The standard InChI is InChI=1S/C23H45NO2/c1-7-26-23(25)24-18-17-22(6)16-10-15-21(5)14-9-13-20(4)12-8-11-19(2)3/h17,19-21H,7-16,18H2,1-6H3,(H,24,25)/b22-17+/t20-,21-/m1/s1. The van der Waals surface area contributed by atoms with Crippen molar-refractivity contribution in [3.63, 3.8) is 0 Å². The van der Waals surface area contributed by atoms with E-state index in [0.717, 1.165) is 24.2 Å². The number of carbonyl (C=O) groups is 1.